The summed E-state index contributed by atoms with van der Waals surface area (Å²) in [6.45, 7) is 1.97. The minimum Gasteiger partial charge on any atom is -0.342 e. The van der Waals surface area contributed by atoms with Crippen LogP contribution in [0.4, 0.5) is 4.39 Å². The van der Waals surface area contributed by atoms with Gasteiger partial charge in [-0.15, -0.1) is 0 Å². The van der Waals surface area contributed by atoms with E-state index < -0.39 is 10.0 Å². The molecule has 0 aliphatic heterocycles. The predicted molar refractivity (Wildman–Crippen MR) is 71.8 cm³/mol. The van der Waals surface area contributed by atoms with E-state index in [-0.39, 0.29) is 11.6 Å². The molecule has 0 fully saturated rings. The highest BCUT2D eigenvalue weighted by Crippen LogP contribution is 2.13. The summed E-state index contributed by atoms with van der Waals surface area (Å²) < 4.78 is 37.9. The molecule has 0 aliphatic rings. The average molecular weight is 285 g/mol. The zero-order valence-corrected chi connectivity index (χ0v) is 11.4. The van der Waals surface area contributed by atoms with E-state index in [1.165, 1.54) is 12.1 Å². The van der Waals surface area contributed by atoms with Crippen molar-refractivity contribution in [3.05, 3.63) is 29.8 Å². The van der Waals surface area contributed by atoms with Gasteiger partial charge in [0.05, 0.1) is 16.8 Å². The highest BCUT2D eigenvalue weighted by Gasteiger charge is 2.06. The molecule has 1 aromatic carbocycles. The van der Waals surface area contributed by atoms with Gasteiger partial charge in [0.15, 0.2) is 0 Å². The number of halogens is 1. The number of nitrogens with zero attached hydrogens (tertiary/aromatic N) is 1. The third-order valence-electron chi connectivity index (χ3n) is 2.79. The van der Waals surface area contributed by atoms with Crippen molar-refractivity contribution in [2.45, 2.75) is 19.8 Å². The lowest BCUT2D eigenvalue weighted by Gasteiger charge is -2.02. The van der Waals surface area contributed by atoms with Crippen LogP contribution in [0.3, 0.4) is 0 Å². The molecule has 104 valence electrons. The van der Waals surface area contributed by atoms with Gasteiger partial charge in [-0.25, -0.2) is 22.5 Å². The van der Waals surface area contributed by atoms with Crippen molar-refractivity contribution in [1.82, 2.24) is 14.7 Å². The SMILES string of the molecule is CCS(=O)(=O)NCCCc1nc2ccc(F)cc2[nH]1. The van der Waals surface area contributed by atoms with Crippen LogP contribution < -0.4 is 4.72 Å². The second kappa shape index (κ2) is 5.66. The summed E-state index contributed by atoms with van der Waals surface area (Å²) in [5.74, 6) is 0.506. The van der Waals surface area contributed by atoms with Gasteiger partial charge in [-0.05, 0) is 31.5 Å². The Kier molecular flexibility index (Phi) is 4.16. The molecule has 0 spiro atoms. The maximum absolute atomic E-state index is 13.0. The van der Waals surface area contributed by atoms with Gasteiger partial charge in [-0.3, -0.25) is 0 Å². The fourth-order valence-corrected chi connectivity index (χ4v) is 2.40. The monoisotopic (exact) mass is 285 g/mol. The second-order valence-corrected chi connectivity index (χ2v) is 6.34. The van der Waals surface area contributed by atoms with E-state index >= 15 is 0 Å². The van der Waals surface area contributed by atoms with Crippen LogP contribution >= 0.6 is 0 Å². The first-order chi connectivity index (χ1) is 9.00. The van der Waals surface area contributed by atoms with E-state index in [2.05, 4.69) is 14.7 Å². The number of aromatic nitrogens is 2. The van der Waals surface area contributed by atoms with Crippen molar-refractivity contribution in [1.29, 1.82) is 0 Å². The number of aryl methyl sites for hydroxylation is 1. The Morgan fingerprint density at radius 1 is 1.42 bits per heavy atom. The third kappa shape index (κ3) is 3.74. The molecule has 0 unspecified atom stereocenters. The molecule has 2 rings (SSSR count). The van der Waals surface area contributed by atoms with Gasteiger partial charge in [0.2, 0.25) is 10.0 Å². The van der Waals surface area contributed by atoms with Crippen molar-refractivity contribution >= 4 is 21.1 Å². The maximum Gasteiger partial charge on any atom is 0.211 e. The molecule has 0 bridgehead atoms. The number of nitrogens with one attached hydrogen (secondary N) is 2. The first-order valence-corrected chi connectivity index (χ1v) is 7.77. The lowest BCUT2D eigenvalue weighted by Crippen LogP contribution is -2.26. The molecule has 0 amide bonds. The van der Waals surface area contributed by atoms with Gasteiger partial charge in [0.1, 0.15) is 11.6 Å². The van der Waals surface area contributed by atoms with E-state index in [4.69, 9.17) is 0 Å². The molecule has 7 heteroatoms. The Hall–Kier alpha value is -1.47. The molecule has 0 saturated heterocycles. The normalized spacial score (nSPS) is 12.1. The summed E-state index contributed by atoms with van der Waals surface area (Å²) in [4.78, 5) is 7.33. The summed E-state index contributed by atoms with van der Waals surface area (Å²) >= 11 is 0. The van der Waals surface area contributed by atoms with Crippen LogP contribution in [0.1, 0.15) is 19.2 Å². The Morgan fingerprint density at radius 3 is 2.95 bits per heavy atom. The third-order valence-corrected chi connectivity index (χ3v) is 4.19. The predicted octanol–water partition coefficient (Wildman–Crippen LogP) is 1.57. The molecular weight excluding hydrogens is 269 g/mol. The Labute approximate surface area is 111 Å². The number of hydrogen-bond donors (Lipinski definition) is 2. The lowest BCUT2D eigenvalue weighted by molar-refractivity contribution is 0.579. The zero-order chi connectivity index (χ0) is 13.9. The van der Waals surface area contributed by atoms with E-state index in [1.807, 2.05) is 0 Å². The van der Waals surface area contributed by atoms with Crippen molar-refractivity contribution in [3.8, 4) is 0 Å². The molecule has 2 N–H and O–H groups in total. The number of H-pyrrole nitrogens is 1. The number of aromatic amines is 1. The minimum atomic E-state index is -3.13. The number of benzene rings is 1. The van der Waals surface area contributed by atoms with Crippen LogP contribution in [0.2, 0.25) is 0 Å². The van der Waals surface area contributed by atoms with Gasteiger partial charge in [-0.2, -0.15) is 0 Å². The molecule has 0 saturated carbocycles. The highest BCUT2D eigenvalue weighted by molar-refractivity contribution is 7.89. The molecule has 0 radical (unpaired) electrons. The summed E-state index contributed by atoms with van der Waals surface area (Å²) in [7, 11) is -3.13. The van der Waals surface area contributed by atoms with Crippen molar-refractivity contribution in [3.63, 3.8) is 0 Å². The van der Waals surface area contributed by atoms with Gasteiger partial charge >= 0.3 is 0 Å². The van der Waals surface area contributed by atoms with Crippen LogP contribution in [-0.4, -0.2) is 30.7 Å². The first-order valence-electron chi connectivity index (χ1n) is 6.11. The Morgan fingerprint density at radius 2 is 2.21 bits per heavy atom. The van der Waals surface area contributed by atoms with Crippen LogP contribution in [0.5, 0.6) is 0 Å². The molecule has 1 heterocycles. The van der Waals surface area contributed by atoms with E-state index in [0.717, 1.165) is 5.82 Å². The summed E-state index contributed by atoms with van der Waals surface area (Å²) in [5.41, 5.74) is 1.37. The number of hydrogen-bond acceptors (Lipinski definition) is 3. The summed E-state index contributed by atoms with van der Waals surface area (Å²) in [6.07, 6.45) is 1.25. The van der Waals surface area contributed by atoms with Gasteiger partial charge in [0, 0.05) is 13.0 Å². The van der Waals surface area contributed by atoms with E-state index in [0.29, 0.717) is 30.4 Å². The van der Waals surface area contributed by atoms with Crippen molar-refractivity contribution in [2.75, 3.05) is 12.3 Å². The smallest absolute Gasteiger partial charge is 0.211 e. The van der Waals surface area contributed by atoms with Crippen LogP contribution in [0.15, 0.2) is 18.2 Å². The second-order valence-electron chi connectivity index (χ2n) is 4.25. The molecule has 19 heavy (non-hydrogen) atoms. The standard InChI is InChI=1S/C12H16FN3O2S/c1-2-19(17,18)14-7-3-4-12-15-10-6-5-9(13)8-11(10)16-12/h5-6,8,14H,2-4,7H2,1H3,(H,15,16). The lowest BCUT2D eigenvalue weighted by atomic mass is 10.3. The highest BCUT2D eigenvalue weighted by atomic mass is 32.2. The fraction of sp³-hybridized carbons (Fsp3) is 0.417. The fourth-order valence-electron chi connectivity index (χ4n) is 1.74. The van der Waals surface area contributed by atoms with Crippen molar-refractivity contribution < 1.29 is 12.8 Å². The topological polar surface area (TPSA) is 74.8 Å². The number of sulfonamides is 1. The molecular formula is C12H16FN3O2S. The Bertz CT molecular complexity index is 667. The molecule has 5 nitrogen and oxygen atoms in total. The van der Waals surface area contributed by atoms with Gasteiger partial charge in [0.25, 0.3) is 0 Å². The summed E-state index contributed by atoms with van der Waals surface area (Å²) in [6, 6.07) is 4.37. The summed E-state index contributed by atoms with van der Waals surface area (Å²) in [5, 5.41) is 0. The van der Waals surface area contributed by atoms with E-state index in [9.17, 15) is 12.8 Å². The van der Waals surface area contributed by atoms with Crippen LogP contribution in [0, 0.1) is 5.82 Å². The number of imidazole rings is 1. The van der Waals surface area contributed by atoms with Gasteiger partial charge in [-0.1, -0.05) is 0 Å². The van der Waals surface area contributed by atoms with Gasteiger partial charge < -0.3 is 4.98 Å². The molecule has 0 atom stereocenters. The van der Waals surface area contributed by atoms with E-state index in [1.54, 1.807) is 13.0 Å². The molecule has 0 aliphatic carbocycles. The number of rotatable bonds is 6. The number of fused-ring (bicyclic) bond motifs is 1. The molecule has 2 aromatic rings. The van der Waals surface area contributed by atoms with Crippen LogP contribution in [-0.2, 0) is 16.4 Å². The maximum atomic E-state index is 13.0. The largest absolute Gasteiger partial charge is 0.342 e. The Balaban J connectivity index is 1.92. The first kappa shape index (κ1) is 14.0. The zero-order valence-electron chi connectivity index (χ0n) is 10.6. The van der Waals surface area contributed by atoms with Crippen molar-refractivity contribution in [2.24, 2.45) is 0 Å². The molecule has 1 aromatic heterocycles. The average Bonchev–Trinajstić information content (AvgIpc) is 2.76. The minimum absolute atomic E-state index is 0.0803. The quantitative estimate of drug-likeness (QED) is 0.791. The van der Waals surface area contributed by atoms with Crippen LogP contribution in [0.25, 0.3) is 11.0 Å².